The van der Waals surface area contributed by atoms with Crippen LogP contribution in [0.1, 0.15) is 64.5 Å². The van der Waals surface area contributed by atoms with E-state index in [1.807, 2.05) is 0 Å². The molecule has 2 fully saturated rings. The summed E-state index contributed by atoms with van der Waals surface area (Å²) in [6.45, 7) is 8.96. The monoisotopic (exact) mass is 418 g/mol. The molecule has 2 aromatic rings. The van der Waals surface area contributed by atoms with Crippen LogP contribution in [0.2, 0.25) is 0 Å². The molecule has 5 rings (SSSR count). The van der Waals surface area contributed by atoms with Crippen LogP contribution < -0.4 is 0 Å². The van der Waals surface area contributed by atoms with Crippen LogP contribution in [0.25, 0.3) is 11.1 Å². The van der Waals surface area contributed by atoms with Crippen LogP contribution in [0.4, 0.5) is 0 Å². The van der Waals surface area contributed by atoms with Crippen molar-refractivity contribution in [3.05, 3.63) is 59.7 Å². The second-order valence-electron chi connectivity index (χ2n) is 11.2. The Bertz CT molecular complexity index is 848. The second kappa shape index (κ2) is 7.74. The molecule has 0 spiro atoms. The smallest absolute Gasteiger partial charge is 0.0591 e. The molecule has 4 atom stereocenters. The van der Waals surface area contributed by atoms with Gasteiger partial charge in [-0.15, -0.1) is 0 Å². The fourth-order valence-electron chi connectivity index (χ4n) is 7.93. The molecule has 0 bridgehead atoms. The molecule has 2 aromatic carbocycles. The summed E-state index contributed by atoms with van der Waals surface area (Å²) in [6, 6.07) is 18.2. The minimum atomic E-state index is -0.203. The molecule has 4 unspecified atom stereocenters. The van der Waals surface area contributed by atoms with Crippen LogP contribution in [-0.2, 0) is 5.41 Å². The molecule has 2 heteroatoms. The van der Waals surface area contributed by atoms with Crippen LogP contribution in [0.3, 0.4) is 0 Å². The highest BCUT2D eigenvalue weighted by atomic mass is 16.3. The van der Waals surface area contributed by atoms with Crippen molar-refractivity contribution in [2.24, 2.45) is 35.5 Å². The zero-order valence-electron chi connectivity index (χ0n) is 19.5. The normalized spacial score (nSPS) is 39.0. The van der Waals surface area contributed by atoms with Crippen LogP contribution in [-0.4, -0.2) is 22.4 Å². The second-order valence-corrected chi connectivity index (χ2v) is 11.2. The number of benzene rings is 2. The molecule has 2 nitrogen and oxygen atoms in total. The fourth-order valence-corrected chi connectivity index (χ4v) is 7.93. The van der Waals surface area contributed by atoms with Crippen molar-refractivity contribution >= 4 is 0 Å². The van der Waals surface area contributed by atoms with Gasteiger partial charge in [-0.3, -0.25) is 0 Å². The molecular weight excluding hydrogens is 380 g/mol. The molecule has 166 valence electrons. The van der Waals surface area contributed by atoms with Crippen molar-refractivity contribution in [1.82, 2.24) is 0 Å². The van der Waals surface area contributed by atoms with Gasteiger partial charge in [0.25, 0.3) is 0 Å². The highest BCUT2D eigenvalue weighted by Gasteiger charge is 2.56. The van der Waals surface area contributed by atoms with Gasteiger partial charge in [0.15, 0.2) is 0 Å². The van der Waals surface area contributed by atoms with E-state index in [9.17, 15) is 10.2 Å². The first-order chi connectivity index (χ1) is 14.9. The van der Waals surface area contributed by atoms with Gasteiger partial charge in [0, 0.05) is 5.41 Å². The van der Waals surface area contributed by atoms with Crippen LogP contribution >= 0.6 is 0 Å². The molecule has 0 amide bonds. The summed E-state index contributed by atoms with van der Waals surface area (Å²) < 4.78 is 0. The predicted octanol–water partition coefficient (Wildman–Crippen LogP) is 6.04. The molecule has 0 saturated heterocycles. The van der Waals surface area contributed by atoms with E-state index in [0.717, 1.165) is 25.7 Å². The molecular formula is C29H38O2. The van der Waals surface area contributed by atoms with E-state index in [1.54, 1.807) is 0 Å². The average Bonchev–Trinajstić information content (AvgIpc) is 3.06. The summed E-state index contributed by atoms with van der Waals surface area (Å²) in [4.78, 5) is 0. The lowest BCUT2D eigenvalue weighted by molar-refractivity contribution is -0.0402. The fraction of sp³-hybridized carbons (Fsp3) is 0.586. The number of aliphatic hydroxyl groups excluding tert-OH is 2. The number of hydrogen-bond acceptors (Lipinski definition) is 2. The van der Waals surface area contributed by atoms with Gasteiger partial charge < -0.3 is 10.2 Å². The molecule has 3 aliphatic rings. The summed E-state index contributed by atoms with van der Waals surface area (Å²) in [6.07, 6.45) is 3.86. The van der Waals surface area contributed by atoms with E-state index >= 15 is 0 Å². The third-order valence-corrected chi connectivity index (χ3v) is 9.28. The summed E-state index contributed by atoms with van der Waals surface area (Å²) in [5.41, 5.74) is 5.76. The van der Waals surface area contributed by atoms with Gasteiger partial charge in [0.2, 0.25) is 0 Å². The van der Waals surface area contributed by atoms with Gasteiger partial charge in [-0.05, 0) is 83.4 Å². The first-order valence-corrected chi connectivity index (χ1v) is 12.4. The lowest BCUT2D eigenvalue weighted by Crippen LogP contribution is -2.51. The maximum Gasteiger partial charge on any atom is 0.0591 e. The molecule has 0 heterocycles. The largest absolute Gasteiger partial charge is 0.393 e. The summed E-state index contributed by atoms with van der Waals surface area (Å²) in [7, 11) is 0. The average molecular weight is 419 g/mol. The van der Waals surface area contributed by atoms with E-state index in [-0.39, 0.29) is 17.6 Å². The molecule has 0 aliphatic heterocycles. The summed E-state index contributed by atoms with van der Waals surface area (Å²) in [5.74, 6) is 2.27. The SMILES string of the molecule is CC1CC(C2(C3CC(C)C(O)C(C)C3)c3ccccc3-c3ccccc32)CC(C)C1O. The maximum atomic E-state index is 10.8. The van der Waals surface area contributed by atoms with E-state index in [4.69, 9.17) is 0 Å². The Hall–Kier alpha value is -1.64. The maximum absolute atomic E-state index is 10.8. The Morgan fingerprint density at radius 3 is 1.26 bits per heavy atom. The Labute approximate surface area is 187 Å². The minimum absolute atomic E-state index is 0.0293. The van der Waals surface area contributed by atoms with Crippen LogP contribution in [0.5, 0.6) is 0 Å². The number of fused-ring (bicyclic) bond motifs is 3. The third kappa shape index (κ3) is 3.05. The Morgan fingerprint density at radius 1 is 0.581 bits per heavy atom. The van der Waals surface area contributed by atoms with Gasteiger partial charge in [-0.25, -0.2) is 0 Å². The topological polar surface area (TPSA) is 40.5 Å². The molecule has 3 aliphatic carbocycles. The van der Waals surface area contributed by atoms with Crippen molar-refractivity contribution in [3.63, 3.8) is 0 Å². The Morgan fingerprint density at radius 2 is 0.903 bits per heavy atom. The lowest BCUT2D eigenvalue weighted by Gasteiger charge is -2.53. The van der Waals surface area contributed by atoms with E-state index in [0.29, 0.717) is 35.5 Å². The van der Waals surface area contributed by atoms with Crippen molar-refractivity contribution in [3.8, 4) is 11.1 Å². The Kier molecular flexibility index (Phi) is 5.30. The van der Waals surface area contributed by atoms with Crippen molar-refractivity contribution in [2.75, 3.05) is 0 Å². The van der Waals surface area contributed by atoms with Gasteiger partial charge in [0.1, 0.15) is 0 Å². The van der Waals surface area contributed by atoms with E-state index < -0.39 is 0 Å². The molecule has 0 aromatic heterocycles. The number of rotatable bonds is 2. The van der Waals surface area contributed by atoms with Gasteiger partial charge >= 0.3 is 0 Å². The first-order valence-electron chi connectivity index (χ1n) is 12.4. The van der Waals surface area contributed by atoms with E-state index in [2.05, 4.69) is 76.2 Å². The standard InChI is InChI=1S/C29H38O2/c1-17-13-21(14-18(2)27(17)30)29(22-15-19(3)28(31)20(4)16-22)25-11-7-5-9-23(25)24-10-6-8-12-26(24)29/h5-12,17-22,27-28,30-31H,13-16H2,1-4H3. The van der Waals surface area contributed by atoms with Crippen LogP contribution in [0, 0.1) is 35.5 Å². The zero-order chi connectivity index (χ0) is 21.9. The highest BCUT2D eigenvalue weighted by Crippen LogP contribution is 2.63. The number of hydrogen-bond donors (Lipinski definition) is 2. The van der Waals surface area contributed by atoms with Crippen molar-refractivity contribution in [1.29, 1.82) is 0 Å². The third-order valence-electron chi connectivity index (χ3n) is 9.28. The van der Waals surface area contributed by atoms with E-state index in [1.165, 1.54) is 22.3 Å². The van der Waals surface area contributed by atoms with Crippen LogP contribution in [0.15, 0.2) is 48.5 Å². The van der Waals surface area contributed by atoms with Gasteiger partial charge in [-0.1, -0.05) is 76.2 Å². The van der Waals surface area contributed by atoms with Crippen molar-refractivity contribution in [2.45, 2.75) is 71.0 Å². The molecule has 2 saturated carbocycles. The summed E-state index contributed by atoms with van der Waals surface area (Å²) >= 11 is 0. The minimum Gasteiger partial charge on any atom is -0.393 e. The Balaban J connectivity index is 1.73. The molecule has 31 heavy (non-hydrogen) atoms. The zero-order valence-corrected chi connectivity index (χ0v) is 19.5. The number of aliphatic hydroxyl groups is 2. The molecule has 0 radical (unpaired) electrons. The quantitative estimate of drug-likeness (QED) is 0.624. The highest BCUT2D eigenvalue weighted by molar-refractivity contribution is 5.81. The molecule has 2 N–H and O–H groups in total. The van der Waals surface area contributed by atoms with Gasteiger partial charge in [-0.2, -0.15) is 0 Å². The first kappa shape index (κ1) is 21.2. The van der Waals surface area contributed by atoms with Crippen molar-refractivity contribution < 1.29 is 10.2 Å². The summed E-state index contributed by atoms with van der Waals surface area (Å²) in [5, 5.41) is 21.6. The van der Waals surface area contributed by atoms with Gasteiger partial charge in [0.05, 0.1) is 12.2 Å². The predicted molar refractivity (Wildman–Crippen MR) is 127 cm³/mol. The lowest BCUT2D eigenvalue weighted by atomic mass is 9.51.